The monoisotopic (exact) mass is 197 g/mol. The molecule has 0 heterocycles. The van der Waals surface area contributed by atoms with Gasteiger partial charge in [0.2, 0.25) is 0 Å². The first-order valence-corrected chi connectivity index (χ1v) is 5.07. The lowest BCUT2D eigenvalue weighted by Crippen LogP contribution is -2.27. The summed E-state index contributed by atoms with van der Waals surface area (Å²) in [6.45, 7) is 12.6. The largest absolute Gasteiger partial charge is 0.386 e. The summed E-state index contributed by atoms with van der Waals surface area (Å²) in [5.41, 5.74) is 12.4. The van der Waals surface area contributed by atoms with E-state index in [-0.39, 0.29) is 6.04 Å². The molecular weight excluding hydrogens is 174 g/mol. The molecule has 0 fully saturated rings. The van der Waals surface area contributed by atoms with Crippen molar-refractivity contribution in [3.63, 3.8) is 0 Å². The van der Waals surface area contributed by atoms with Crippen LogP contribution in [0.15, 0.2) is 24.6 Å². The molecule has 0 aromatic rings. The molecular formula is C11H23N3. The summed E-state index contributed by atoms with van der Waals surface area (Å²) in [6, 6.07) is 0.0999. The lowest BCUT2D eigenvalue weighted by Gasteiger charge is -2.17. The standard InChI is InChI=1S/C11H23N3/c1-8(2)9(3)11(13)6-5-7-14-10(4)12/h8,11,14H,3-7,12-13H2,1-2H3/t11-/m0/s1. The fraction of sp³-hybridized carbons (Fsp3) is 0.636. The molecule has 0 aliphatic carbocycles. The van der Waals surface area contributed by atoms with Crippen LogP contribution in [0.25, 0.3) is 0 Å². The van der Waals surface area contributed by atoms with Crippen molar-refractivity contribution in [1.29, 1.82) is 0 Å². The minimum Gasteiger partial charge on any atom is -0.386 e. The fourth-order valence-corrected chi connectivity index (χ4v) is 1.18. The first kappa shape index (κ1) is 13.0. The zero-order valence-corrected chi connectivity index (χ0v) is 9.34. The Kier molecular flexibility index (Phi) is 6.04. The van der Waals surface area contributed by atoms with E-state index in [1.165, 1.54) is 0 Å². The van der Waals surface area contributed by atoms with Crippen LogP contribution in [0.2, 0.25) is 0 Å². The molecule has 0 aromatic heterocycles. The Labute approximate surface area is 87.2 Å². The van der Waals surface area contributed by atoms with E-state index >= 15 is 0 Å². The highest BCUT2D eigenvalue weighted by atomic mass is 15.0. The van der Waals surface area contributed by atoms with Crippen molar-refractivity contribution in [2.24, 2.45) is 17.4 Å². The van der Waals surface area contributed by atoms with Gasteiger partial charge in [-0.3, -0.25) is 0 Å². The highest BCUT2D eigenvalue weighted by molar-refractivity contribution is 5.06. The maximum atomic E-state index is 5.95. The number of nitrogens with two attached hydrogens (primary N) is 2. The number of hydrogen-bond acceptors (Lipinski definition) is 3. The average molecular weight is 197 g/mol. The van der Waals surface area contributed by atoms with Gasteiger partial charge in [0.05, 0.1) is 5.82 Å². The van der Waals surface area contributed by atoms with E-state index in [2.05, 4.69) is 32.3 Å². The van der Waals surface area contributed by atoms with Gasteiger partial charge in [-0.25, -0.2) is 0 Å². The summed E-state index contributed by atoms with van der Waals surface area (Å²) in [5, 5.41) is 2.97. The quantitative estimate of drug-likeness (QED) is 0.426. The smallest absolute Gasteiger partial charge is 0.0885 e. The molecule has 0 aliphatic rings. The summed E-state index contributed by atoms with van der Waals surface area (Å²) in [5.74, 6) is 0.976. The number of rotatable bonds is 7. The molecule has 0 aromatic carbocycles. The van der Waals surface area contributed by atoms with E-state index in [4.69, 9.17) is 11.5 Å². The van der Waals surface area contributed by atoms with Crippen LogP contribution in [0, 0.1) is 5.92 Å². The molecule has 0 radical (unpaired) electrons. The van der Waals surface area contributed by atoms with Crippen molar-refractivity contribution < 1.29 is 0 Å². The second-order valence-electron chi connectivity index (χ2n) is 3.93. The Morgan fingerprint density at radius 2 is 1.93 bits per heavy atom. The van der Waals surface area contributed by atoms with Gasteiger partial charge in [0, 0.05) is 12.6 Å². The van der Waals surface area contributed by atoms with Crippen LogP contribution < -0.4 is 16.8 Å². The van der Waals surface area contributed by atoms with Gasteiger partial charge < -0.3 is 16.8 Å². The highest BCUT2D eigenvalue weighted by Gasteiger charge is 2.09. The third-order valence-electron chi connectivity index (χ3n) is 2.26. The van der Waals surface area contributed by atoms with Gasteiger partial charge >= 0.3 is 0 Å². The molecule has 0 aliphatic heterocycles. The second-order valence-corrected chi connectivity index (χ2v) is 3.93. The van der Waals surface area contributed by atoms with Crippen LogP contribution in [0.1, 0.15) is 26.7 Å². The summed E-state index contributed by atoms with van der Waals surface area (Å²) < 4.78 is 0. The van der Waals surface area contributed by atoms with Gasteiger partial charge in [-0.15, -0.1) is 0 Å². The highest BCUT2D eigenvalue weighted by Crippen LogP contribution is 2.13. The maximum absolute atomic E-state index is 5.95. The third kappa shape index (κ3) is 5.65. The molecule has 3 nitrogen and oxygen atoms in total. The zero-order valence-electron chi connectivity index (χ0n) is 9.34. The van der Waals surface area contributed by atoms with Crippen LogP contribution in [0.3, 0.4) is 0 Å². The van der Waals surface area contributed by atoms with Gasteiger partial charge in [-0.2, -0.15) is 0 Å². The first-order valence-electron chi connectivity index (χ1n) is 5.07. The van der Waals surface area contributed by atoms with E-state index < -0.39 is 0 Å². The van der Waals surface area contributed by atoms with Crippen molar-refractivity contribution in [3.8, 4) is 0 Å². The van der Waals surface area contributed by atoms with Crippen LogP contribution in [0.4, 0.5) is 0 Å². The van der Waals surface area contributed by atoms with Crippen LogP contribution in [-0.2, 0) is 0 Å². The number of nitrogens with one attached hydrogen (secondary N) is 1. The van der Waals surface area contributed by atoms with Crippen LogP contribution in [0.5, 0.6) is 0 Å². The Morgan fingerprint density at radius 3 is 2.36 bits per heavy atom. The normalized spacial score (nSPS) is 12.6. The maximum Gasteiger partial charge on any atom is 0.0885 e. The Hall–Kier alpha value is -0.960. The van der Waals surface area contributed by atoms with E-state index in [0.29, 0.717) is 11.7 Å². The van der Waals surface area contributed by atoms with Crippen molar-refractivity contribution in [2.75, 3.05) is 6.54 Å². The predicted molar refractivity (Wildman–Crippen MR) is 62.5 cm³/mol. The van der Waals surface area contributed by atoms with Crippen molar-refractivity contribution in [1.82, 2.24) is 5.32 Å². The van der Waals surface area contributed by atoms with Crippen molar-refractivity contribution in [3.05, 3.63) is 24.6 Å². The lowest BCUT2D eigenvalue weighted by atomic mass is 9.95. The molecule has 3 heteroatoms. The minimum absolute atomic E-state index is 0.0999. The van der Waals surface area contributed by atoms with Crippen LogP contribution in [-0.4, -0.2) is 12.6 Å². The molecule has 82 valence electrons. The molecule has 5 N–H and O–H groups in total. The summed E-state index contributed by atoms with van der Waals surface area (Å²) in [4.78, 5) is 0. The molecule has 0 unspecified atom stereocenters. The first-order chi connectivity index (χ1) is 6.45. The van der Waals surface area contributed by atoms with Gasteiger partial charge in [0.1, 0.15) is 0 Å². The van der Waals surface area contributed by atoms with Gasteiger partial charge in [0.15, 0.2) is 0 Å². The number of hydrogen-bond donors (Lipinski definition) is 3. The average Bonchev–Trinajstić information content (AvgIpc) is 2.10. The van der Waals surface area contributed by atoms with E-state index in [9.17, 15) is 0 Å². The summed E-state index contributed by atoms with van der Waals surface area (Å²) >= 11 is 0. The second kappa shape index (κ2) is 6.49. The van der Waals surface area contributed by atoms with E-state index in [1.807, 2.05) is 0 Å². The van der Waals surface area contributed by atoms with Gasteiger partial charge in [-0.05, 0) is 18.8 Å². The molecule has 0 saturated heterocycles. The Balaban J connectivity index is 3.59. The minimum atomic E-state index is 0.0999. The van der Waals surface area contributed by atoms with Gasteiger partial charge in [0.25, 0.3) is 0 Å². The van der Waals surface area contributed by atoms with Crippen LogP contribution >= 0.6 is 0 Å². The molecule has 0 spiro atoms. The third-order valence-corrected chi connectivity index (χ3v) is 2.26. The summed E-state index contributed by atoms with van der Waals surface area (Å²) in [7, 11) is 0. The predicted octanol–water partition coefficient (Wildman–Crippen LogP) is 1.33. The fourth-order valence-electron chi connectivity index (χ4n) is 1.18. The summed E-state index contributed by atoms with van der Waals surface area (Å²) in [6.07, 6.45) is 1.93. The molecule has 0 rings (SSSR count). The SMILES string of the molecule is C=C(N)NCCC[C@H](N)C(=C)C(C)C. The van der Waals surface area contributed by atoms with E-state index in [0.717, 1.165) is 25.0 Å². The lowest BCUT2D eigenvalue weighted by molar-refractivity contribution is 0.572. The Morgan fingerprint density at radius 1 is 1.36 bits per heavy atom. The van der Waals surface area contributed by atoms with Gasteiger partial charge in [-0.1, -0.05) is 32.6 Å². The molecule has 14 heavy (non-hydrogen) atoms. The molecule has 0 bridgehead atoms. The molecule has 0 saturated carbocycles. The molecule has 0 amide bonds. The molecule has 1 atom stereocenters. The van der Waals surface area contributed by atoms with E-state index in [1.54, 1.807) is 0 Å². The Bertz CT molecular complexity index is 197. The zero-order chi connectivity index (χ0) is 11.1. The van der Waals surface area contributed by atoms with Crippen molar-refractivity contribution >= 4 is 0 Å². The topological polar surface area (TPSA) is 64.1 Å². The van der Waals surface area contributed by atoms with Crippen molar-refractivity contribution in [2.45, 2.75) is 32.7 Å².